The van der Waals surface area contributed by atoms with Crippen LogP contribution in [0.25, 0.3) is 0 Å². The first-order chi connectivity index (χ1) is 9.89. The van der Waals surface area contributed by atoms with Gasteiger partial charge >= 0.3 is 6.09 Å². The van der Waals surface area contributed by atoms with E-state index in [1.54, 1.807) is 0 Å². The molecule has 118 valence electrons. The minimum absolute atomic E-state index is 0.162. The highest BCUT2D eigenvalue weighted by Gasteiger charge is 2.39. The van der Waals surface area contributed by atoms with Gasteiger partial charge in [-0.25, -0.2) is 9.78 Å². The van der Waals surface area contributed by atoms with Gasteiger partial charge in [0.2, 0.25) is 0 Å². The summed E-state index contributed by atoms with van der Waals surface area (Å²) in [6, 6.07) is 0.471. The number of aryl methyl sites for hydroxylation is 1. The Hall–Kier alpha value is -1.56. The second-order valence-corrected chi connectivity index (χ2v) is 6.51. The van der Waals surface area contributed by atoms with Crippen LogP contribution in [-0.4, -0.2) is 33.3 Å². The lowest BCUT2D eigenvalue weighted by Gasteiger charge is -2.19. The Morgan fingerprint density at radius 1 is 1.48 bits per heavy atom. The summed E-state index contributed by atoms with van der Waals surface area (Å²) in [6.07, 6.45) is 5.52. The Balaban J connectivity index is 1.70. The van der Waals surface area contributed by atoms with Crippen molar-refractivity contribution in [3.05, 3.63) is 18.2 Å². The molecule has 0 aromatic carbocycles. The van der Waals surface area contributed by atoms with Gasteiger partial charge in [0, 0.05) is 31.0 Å². The van der Waals surface area contributed by atoms with Gasteiger partial charge in [-0.3, -0.25) is 0 Å². The summed E-state index contributed by atoms with van der Waals surface area (Å²) < 4.78 is 7.40. The molecule has 1 aromatic heterocycles. The smallest absolute Gasteiger partial charge is 0.407 e. The summed E-state index contributed by atoms with van der Waals surface area (Å²) in [5.41, 5.74) is -0.452. The Morgan fingerprint density at radius 3 is 2.90 bits per heavy atom. The van der Waals surface area contributed by atoms with Gasteiger partial charge in [0.25, 0.3) is 0 Å². The number of aromatic nitrogens is 2. The highest BCUT2D eigenvalue weighted by Crippen LogP contribution is 2.22. The van der Waals surface area contributed by atoms with Crippen molar-refractivity contribution in [2.75, 3.05) is 0 Å². The molecule has 0 bridgehead atoms. The highest BCUT2D eigenvalue weighted by molar-refractivity contribution is 5.68. The first-order valence-corrected chi connectivity index (χ1v) is 7.62. The fourth-order valence-electron chi connectivity index (χ4n) is 2.21. The lowest BCUT2D eigenvalue weighted by atomic mass is 10.2. The van der Waals surface area contributed by atoms with Crippen LogP contribution in [0.3, 0.4) is 0 Å². The molecular weight excluding hydrogens is 268 g/mol. The first kappa shape index (κ1) is 15.8. The van der Waals surface area contributed by atoms with Crippen LogP contribution in [0.15, 0.2) is 12.4 Å². The van der Waals surface area contributed by atoms with Crippen molar-refractivity contribution in [1.29, 1.82) is 0 Å². The molecule has 1 fully saturated rings. The normalized spacial score (nSPS) is 21.1. The lowest BCUT2D eigenvalue weighted by Crippen LogP contribution is -2.36. The molecule has 1 saturated carbocycles. The molecule has 0 radical (unpaired) electrons. The standard InChI is InChI=1S/C15H26N4O2/c1-5-7-19-8-6-16-13(19)10-17-11-9-12(11)18-14(20)21-15(2,3)4/h6,8,11-12,17H,5,7,9-10H2,1-4H3,(H,18,20). The molecule has 1 aliphatic carbocycles. The molecule has 2 N–H and O–H groups in total. The van der Waals surface area contributed by atoms with Gasteiger partial charge in [0.05, 0.1) is 6.54 Å². The van der Waals surface area contributed by atoms with Crippen molar-refractivity contribution in [1.82, 2.24) is 20.2 Å². The van der Waals surface area contributed by atoms with Crippen molar-refractivity contribution < 1.29 is 9.53 Å². The zero-order chi connectivity index (χ0) is 15.5. The summed E-state index contributed by atoms with van der Waals surface area (Å²) in [6.45, 7) is 9.46. The highest BCUT2D eigenvalue weighted by atomic mass is 16.6. The zero-order valence-corrected chi connectivity index (χ0v) is 13.3. The van der Waals surface area contributed by atoms with E-state index >= 15 is 0 Å². The summed E-state index contributed by atoms with van der Waals surface area (Å²) in [5.74, 6) is 1.04. The van der Waals surface area contributed by atoms with Crippen LogP contribution in [-0.2, 0) is 17.8 Å². The largest absolute Gasteiger partial charge is 0.444 e. The fraction of sp³-hybridized carbons (Fsp3) is 0.733. The maximum atomic E-state index is 11.6. The predicted octanol–water partition coefficient (Wildman–Crippen LogP) is 2.05. The number of amides is 1. The molecule has 2 atom stereocenters. The number of alkyl carbamates (subject to hydrolysis) is 1. The van der Waals surface area contributed by atoms with E-state index in [1.165, 1.54) is 0 Å². The van der Waals surface area contributed by atoms with E-state index in [4.69, 9.17) is 4.74 Å². The van der Waals surface area contributed by atoms with E-state index in [-0.39, 0.29) is 12.1 Å². The topological polar surface area (TPSA) is 68.2 Å². The Kier molecular flexibility index (Phi) is 4.88. The third-order valence-electron chi connectivity index (χ3n) is 3.28. The lowest BCUT2D eigenvalue weighted by molar-refractivity contribution is 0.0522. The number of imidazole rings is 1. The predicted molar refractivity (Wildman–Crippen MR) is 80.9 cm³/mol. The number of ether oxygens (including phenoxy) is 1. The molecule has 0 saturated heterocycles. The van der Waals surface area contributed by atoms with Crippen LogP contribution in [0, 0.1) is 0 Å². The number of carbonyl (C=O) groups is 1. The number of hydrogen-bond acceptors (Lipinski definition) is 4. The molecule has 1 heterocycles. The van der Waals surface area contributed by atoms with Crippen molar-refractivity contribution in [2.45, 2.75) is 71.3 Å². The number of rotatable bonds is 6. The fourth-order valence-corrected chi connectivity index (χ4v) is 2.21. The van der Waals surface area contributed by atoms with Crippen molar-refractivity contribution in [3.63, 3.8) is 0 Å². The van der Waals surface area contributed by atoms with E-state index < -0.39 is 5.60 Å². The van der Waals surface area contributed by atoms with Gasteiger partial charge in [-0.1, -0.05) is 6.92 Å². The summed E-state index contributed by atoms with van der Waals surface area (Å²) in [7, 11) is 0. The Labute approximate surface area is 126 Å². The Bertz CT molecular complexity index is 478. The molecule has 6 nitrogen and oxygen atoms in total. The molecule has 1 aromatic rings. The molecule has 2 rings (SSSR count). The molecule has 21 heavy (non-hydrogen) atoms. The van der Waals surface area contributed by atoms with E-state index in [9.17, 15) is 4.79 Å². The minimum Gasteiger partial charge on any atom is -0.444 e. The number of carbonyl (C=O) groups excluding carboxylic acids is 1. The van der Waals surface area contributed by atoms with Gasteiger partial charge in [0.15, 0.2) is 0 Å². The van der Waals surface area contributed by atoms with Gasteiger partial charge in [-0.2, -0.15) is 0 Å². The monoisotopic (exact) mass is 294 g/mol. The SMILES string of the molecule is CCCn1ccnc1CNC1CC1NC(=O)OC(C)(C)C. The first-order valence-electron chi connectivity index (χ1n) is 7.62. The third-order valence-corrected chi connectivity index (χ3v) is 3.28. The van der Waals surface area contributed by atoms with Crippen LogP contribution in [0.2, 0.25) is 0 Å². The van der Waals surface area contributed by atoms with Gasteiger partial charge in [0.1, 0.15) is 11.4 Å². The van der Waals surface area contributed by atoms with Gasteiger partial charge in [-0.15, -0.1) is 0 Å². The van der Waals surface area contributed by atoms with E-state index in [0.717, 1.165) is 31.8 Å². The number of nitrogens with one attached hydrogen (secondary N) is 2. The summed E-state index contributed by atoms with van der Waals surface area (Å²) in [5, 5.41) is 6.30. The zero-order valence-electron chi connectivity index (χ0n) is 13.3. The second kappa shape index (κ2) is 6.47. The average Bonchev–Trinajstić information content (AvgIpc) is 2.92. The van der Waals surface area contributed by atoms with Crippen molar-refractivity contribution >= 4 is 6.09 Å². The maximum Gasteiger partial charge on any atom is 0.407 e. The maximum absolute atomic E-state index is 11.6. The number of nitrogens with zero attached hydrogens (tertiary/aromatic N) is 2. The van der Waals surface area contributed by atoms with E-state index in [2.05, 4.69) is 27.1 Å². The van der Waals surface area contributed by atoms with Gasteiger partial charge in [-0.05, 0) is 33.6 Å². The van der Waals surface area contributed by atoms with Crippen molar-refractivity contribution in [3.8, 4) is 0 Å². The van der Waals surface area contributed by atoms with Crippen LogP contribution in [0.5, 0.6) is 0 Å². The molecule has 1 amide bonds. The summed E-state index contributed by atoms with van der Waals surface area (Å²) >= 11 is 0. The Morgan fingerprint density at radius 2 is 2.24 bits per heavy atom. The van der Waals surface area contributed by atoms with Crippen LogP contribution >= 0.6 is 0 Å². The second-order valence-electron chi connectivity index (χ2n) is 6.51. The molecule has 1 aliphatic rings. The molecule has 0 spiro atoms. The van der Waals surface area contributed by atoms with Crippen LogP contribution < -0.4 is 10.6 Å². The van der Waals surface area contributed by atoms with Crippen LogP contribution in [0.1, 0.15) is 46.4 Å². The summed E-state index contributed by atoms with van der Waals surface area (Å²) in [4.78, 5) is 16.0. The van der Waals surface area contributed by atoms with E-state index in [1.807, 2.05) is 33.2 Å². The van der Waals surface area contributed by atoms with Crippen molar-refractivity contribution in [2.24, 2.45) is 0 Å². The third kappa shape index (κ3) is 5.04. The average molecular weight is 294 g/mol. The quantitative estimate of drug-likeness (QED) is 0.842. The van der Waals surface area contributed by atoms with E-state index in [0.29, 0.717) is 6.04 Å². The molecule has 6 heteroatoms. The van der Waals surface area contributed by atoms with Crippen LogP contribution in [0.4, 0.5) is 4.79 Å². The minimum atomic E-state index is -0.452. The number of hydrogen-bond donors (Lipinski definition) is 2. The molecule has 2 unspecified atom stereocenters. The molecular formula is C15H26N4O2. The molecule has 0 aliphatic heterocycles. The van der Waals surface area contributed by atoms with Gasteiger partial charge < -0.3 is 19.9 Å².